The van der Waals surface area contributed by atoms with Crippen molar-refractivity contribution in [3.05, 3.63) is 65.3 Å². The summed E-state index contributed by atoms with van der Waals surface area (Å²) in [5, 5.41) is -0.114. The molecule has 0 aliphatic heterocycles. The highest BCUT2D eigenvalue weighted by atomic mass is 35.5. The van der Waals surface area contributed by atoms with E-state index in [1.807, 2.05) is 6.07 Å². The van der Waals surface area contributed by atoms with E-state index in [4.69, 9.17) is 26.8 Å². The summed E-state index contributed by atoms with van der Waals surface area (Å²) in [6, 6.07) is 14.1. The van der Waals surface area contributed by atoms with Gasteiger partial charge in [0.1, 0.15) is 10.9 Å². The lowest BCUT2D eigenvalue weighted by atomic mass is 10.0. The van der Waals surface area contributed by atoms with Gasteiger partial charge in [0, 0.05) is 11.6 Å². The van der Waals surface area contributed by atoms with Gasteiger partial charge in [-0.2, -0.15) is 18.2 Å². The Hall–Kier alpha value is -3.00. The lowest BCUT2D eigenvalue weighted by Crippen LogP contribution is -2.26. The first kappa shape index (κ1) is 19.8. The van der Waals surface area contributed by atoms with Crippen molar-refractivity contribution in [3.63, 3.8) is 0 Å². The lowest BCUT2D eigenvalue weighted by Gasteiger charge is -2.22. The number of hydrogen-bond donors (Lipinski definition) is 1. The molecule has 0 radical (unpaired) electrons. The van der Waals surface area contributed by atoms with E-state index in [9.17, 15) is 13.2 Å². The van der Waals surface area contributed by atoms with Gasteiger partial charge in [0.2, 0.25) is 17.9 Å². The molecule has 3 aromatic rings. The molecule has 5 nitrogen and oxygen atoms in total. The molecule has 0 aliphatic carbocycles. The molecular weight excluding hydrogens is 395 g/mol. The minimum atomic E-state index is -4.68. The minimum absolute atomic E-state index is 0.0903. The average molecular weight is 410 g/mol. The second kappa shape index (κ2) is 7.93. The molecule has 0 spiro atoms. The Morgan fingerprint density at radius 3 is 2.32 bits per heavy atom. The van der Waals surface area contributed by atoms with Crippen molar-refractivity contribution in [2.45, 2.75) is 12.3 Å². The van der Waals surface area contributed by atoms with Crippen molar-refractivity contribution in [3.8, 4) is 22.8 Å². The molecule has 1 atom stereocenters. The number of alkyl halides is 3. The summed E-state index contributed by atoms with van der Waals surface area (Å²) in [5.41, 5.74) is 6.87. The Kier molecular flexibility index (Phi) is 5.60. The van der Waals surface area contributed by atoms with E-state index in [0.717, 1.165) is 17.2 Å². The highest BCUT2D eigenvalue weighted by Crippen LogP contribution is 2.37. The summed E-state index contributed by atoms with van der Waals surface area (Å²) in [6.07, 6.45) is -6.92. The lowest BCUT2D eigenvalue weighted by molar-refractivity contribution is -0.198. The number of rotatable bonds is 5. The zero-order valence-corrected chi connectivity index (χ0v) is 15.3. The first-order valence-corrected chi connectivity index (χ1v) is 8.42. The molecule has 9 heteroatoms. The van der Waals surface area contributed by atoms with Crippen LogP contribution in [0.15, 0.2) is 54.6 Å². The van der Waals surface area contributed by atoms with Crippen LogP contribution in [0.3, 0.4) is 0 Å². The van der Waals surface area contributed by atoms with E-state index < -0.39 is 12.3 Å². The van der Waals surface area contributed by atoms with E-state index in [2.05, 4.69) is 9.97 Å². The second-order valence-corrected chi connectivity index (χ2v) is 6.17. The zero-order chi connectivity index (χ0) is 20.3. The van der Waals surface area contributed by atoms with Crippen LogP contribution in [0.2, 0.25) is 5.15 Å². The largest absolute Gasteiger partial charge is 0.497 e. The molecule has 146 valence electrons. The summed E-state index contributed by atoms with van der Waals surface area (Å²) in [6.45, 7) is 0. The fourth-order valence-electron chi connectivity index (χ4n) is 2.57. The average Bonchev–Trinajstić information content (AvgIpc) is 2.65. The molecule has 2 aromatic carbocycles. The van der Waals surface area contributed by atoms with Crippen molar-refractivity contribution in [1.82, 2.24) is 9.97 Å². The van der Waals surface area contributed by atoms with Crippen LogP contribution in [0.1, 0.15) is 11.7 Å². The van der Waals surface area contributed by atoms with E-state index in [1.165, 1.54) is 12.1 Å². The van der Waals surface area contributed by atoms with Gasteiger partial charge in [-0.15, -0.1) is 0 Å². The van der Waals surface area contributed by atoms with Crippen LogP contribution in [0.4, 0.5) is 19.1 Å². The van der Waals surface area contributed by atoms with E-state index in [-0.39, 0.29) is 22.5 Å². The maximum absolute atomic E-state index is 13.6. The number of hydrogen-bond acceptors (Lipinski definition) is 5. The molecule has 0 bridgehead atoms. The van der Waals surface area contributed by atoms with Crippen molar-refractivity contribution >= 4 is 17.5 Å². The number of methoxy groups -OCH3 is 1. The number of halogens is 4. The normalized spacial score (nSPS) is 12.5. The summed E-state index contributed by atoms with van der Waals surface area (Å²) >= 11 is 5.70. The van der Waals surface area contributed by atoms with Gasteiger partial charge in [0.05, 0.1) is 7.11 Å². The zero-order valence-electron chi connectivity index (χ0n) is 14.6. The third-order valence-electron chi connectivity index (χ3n) is 3.84. The number of nitrogens with two attached hydrogens (primary N) is 1. The van der Waals surface area contributed by atoms with Gasteiger partial charge in [-0.1, -0.05) is 48.0 Å². The molecular formula is C19H15ClF3N3O2. The third-order valence-corrected chi connectivity index (χ3v) is 4.03. The Bertz CT molecular complexity index is 945. The van der Waals surface area contributed by atoms with Gasteiger partial charge in [-0.25, -0.2) is 4.98 Å². The molecule has 0 saturated heterocycles. The van der Waals surface area contributed by atoms with Crippen LogP contribution in [-0.2, 0) is 0 Å². The Morgan fingerprint density at radius 1 is 1.00 bits per heavy atom. The fourth-order valence-corrected chi connectivity index (χ4v) is 2.75. The quantitative estimate of drug-likeness (QED) is 0.596. The second-order valence-electron chi connectivity index (χ2n) is 5.78. The smallest absolute Gasteiger partial charge is 0.429 e. The van der Waals surface area contributed by atoms with Crippen LogP contribution >= 0.6 is 11.6 Å². The van der Waals surface area contributed by atoms with Crippen molar-refractivity contribution in [2.75, 3.05) is 12.8 Å². The fraction of sp³-hybridized carbons (Fsp3) is 0.158. The number of benzene rings is 2. The van der Waals surface area contributed by atoms with Crippen molar-refractivity contribution in [2.24, 2.45) is 0 Å². The molecule has 0 saturated carbocycles. The standard InChI is InChI=1S/C19H15ClF3N3O2/c1-27-14-4-2-3-13(9-14)11-5-7-12(8-6-11)17(19(21,22)23)28-16-10-15(20)25-18(24)26-16/h2-10,17H,1H3,(H2,24,25,26)/t17-/m1/s1. The highest BCUT2D eigenvalue weighted by molar-refractivity contribution is 6.29. The van der Waals surface area contributed by atoms with Crippen LogP contribution in [0.25, 0.3) is 11.1 Å². The minimum Gasteiger partial charge on any atom is -0.497 e. The van der Waals surface area contributed by atoms with E-state index in [0.29, 0.717) is 5.75 Å². The van der Waals surface area contributed by atoms with Gasteiger partial charge < -0.3 is 15.2 Å². The number of aromatic nitrogens is 2. The van der Waals surface area contributed by atoms with Crippen molar-refractivity contribution < 1.29 is 22.6 Å². The SMILES string of the molecule is COc1cccc(-c2ccc([C@@H](Oc3cc(Cl)nc(N)n3)C(F)(F)F)cc2)c1. The molecule has 0 unspecified atom stereocenters. The number of anilines is 1. The van der Waals surface area contributed by atoms with E-state index in [1.54, 1.807) is 37.4 Å². The molecule has 28 heavy (non-hydrogen) atoms. The monoisotopic (exact) mass is 409 g/mol. The van der Waals surface area contributed by atoms with Gasteiger partial charge in [0.25, 0.3) is 0 Å². The highest BCUT2D eigenvalue weighted by Gasteiger charge is 2.43. The predicted octanol–water partition coefficient (Wildman–Crippen LogP) is 5.07. The molecule has 0 aliphatic rings. The van der Waals surface area contributed by atoms with Crippen LogP contribution in [-0.4, -0.2) is 23.3 Å². The van der Waals surface area contributed by atoms with E-state index >= 15 is 0 Å². The Balaban J connectivity index is 1.90. The van der Waals surface area contributed by atoms with Crippen LogP contribution < -0.4 is 15.2 Å². The first-order chi connectivity index (χ1) is 13.3. The summed E-state index contributed by atoms with van der Waals surface area (Å²) < 4.78 is 50.9. The molecule has 1 aromatic heterocycles. The number of nitrogens with zero attached hydrogens (tertiary/aromatic N) is 2. The summed E-state index contributed by atoms with van der Waals surface area (Å²) in [7, 11) is 1.54. The van der Waals surface area contributed by atoms with Gasteiger partial charge in [0.15, 0.2) is 0 Å². The van der Waals surface area contributed by atoms with Gasteiger partial charge >= 0.3 is 6.18 Å². The molecule has 3 rings (SSSR count). The van der Waals surface area contributed by atoms with Gasteiger partial charge in [-0.05, 0) is 23.3 Å². The third kappa shape index (κ3) is 4.64. The topological polar surface area (TPSA) is 70.3 Å². The molecule has 2 N–H and O–H groups in total. The Labute approximate surface area is 163 Å². The molecule has 0 fully saturated rings. The van der Waals surface area contributed by atoms with Crippen molar-refractivity contribution in [1.29, 1.82) is 0 Å². The first-order valence-electron chi connectivity index (χ1n) is 8.04. The van der Waals surface area contributed by atoms with Crippen LogP contribution in [0, 0.1) is 0 Å². The molecule has 1 heterocycles. The number of nitrogen functional groups attached to an aromatic ring is 1. The maximum Gasteiger partial charge on any atom is 0.429 e. The van der Waals surface area contributed by atoms with Crippen LogP contribution in [0.5, 0.6) is 11.6 Å². The number of ether oxygens (including phenoxy) is 2. The molecule has 0 amide bonds. The Morgan fingerprint density at radius 2 is 1.71 bits per heavy atom. The summed E-state index contributed by atoms with van der Waals surface area (Å²) in [5.74, 6) is 0.00445. The maximum atomic E-state index is 13.6. The predicted molar refractivity (Wildman–Crippen MR) is 99.3 cm³/mol. The summed E-state index contributed by atoms with van der Waals surface area (Å²) in [4.78, 5) is 7.24. The van der Waals surface area contributed by atoms with Gasteiger partial charge in [-0.3, -0.25) is 0 Å².